The molecule has 2 aromatic carbocycles. The van der Waals surface area contributed by atoms with Crippen LogP contribution in [0.4, 0.5) is 11.4 Å². The average Bonchev–Trinajstić information content (AvgIpc) is 2.40. The van der Waals surface area contributed by atoms with Gasteiger partial charge in [-0.15, -0.1) is 0 Å². The molecule has 2 rings (SSSR count). The molecule has 0 atom stereocenters. The van der Waals surface area contributed by atoms with Crippen molar-refractivity contribution in [1.82, 2.24) is 0 Å². The van der Waals surface area contributed by atoms with Crippen LogP contribution in [0.5, 0.6) is 0 Å². The zero-order chi connectivity index (χ0) is 14.8. The summed E-state index contributed by atoms with van der Waals surface area (Å²) in [5, 5.41) is 2.70. The fraction of sp³-hybridized carbons (Fsp3) is 0.0714. The molecular weight excluding hydrogens is 276 g/mol. The Labute approximate surface area is 117 Å². The molecule has 0 heterocycles. The van der Waals surface area contributed by atoms with Crippen LogP contribution in [0.3, 0.4) is 0 Å². The van der Waals surface area contributed by atoms with Crippen LogP contribution < -0.4 is 11.1 Å². The Hall–Kier alpha value is -2.34. The Morgan fingerprint density at radius 3 is 2.05 bits per heavy atom. The van der Waals surface area contributed by atoms with Gasteiger partial charge in [0, 0.05) is 23.2 Å². The number of nitrogen functional groups attached to an aromatic ring is 1. The van der Waals surface area contributed by atoms with Gasteiger partial charge < -0.3 is 11.1 Å². The quantitative estimate of drug-likeness (QED) is 0.845. The van der Waals surface area contributed by atoms with Crippen molar-refractivity contribution in [3.63, 3.8) is 0 Å². The van der Waals surface area contributed by atoms with Gasteiger partial charge in [0.25, 0.3) is 5.91 Å². The first-order valence-corrected chi connectivity index (χ1v) is 7.72. The second-order valence-corrected chi connectivity index (χ2v) is 6.39. The van der Waals surface area contributed by atoms with Gasteiger partial charge in [0.2, 0.25) is 0 Å². The van der Waals surface area contributed by atoms with E-state index in [0.717, 1.165) is 6.26 Å². The van der Waals surface area contributed by atoms with Crippen molar-refractivity contribution >= 4 is 27.1 Å². The number of sulfone groups is 1. The maximum absolute atomic E-state index is 12.0. The number of carbonyl (C=O) groups excluding carboxylic acids is 1. The summed E-state index contributed by atoms with van der Waals surface area (Å²) in [5.74, 6) is -0.310. The molecule has 20 heavy (non-hydrogen) atoms. The molecule has 0 aliphatic carbocycles. The summed E-state index contributed by atoms with van der Waals surface area (Å²) in [6.45, 7) is 0. The summed E-state index contributed by atoms with van der Waals surface area (Å²) in [6, 6.07) is 12.5. The molecular formula is C14H14N2O3S. The van der Waals surface area contributed by atoms with Crippen molar-refractivity contribution in [1.29, 1.82) is 0 Å². The molecule has 0 saturated heterocycles. The predicted octanol–water partition coefficient (Wildman–Crippen LogP) is 1.92. The number of hydrogen-bond acceptors (Lipinski definition) is 4. The minimum Gasteiger partial charge on any atom is -0.399 e. The van der Waals surface area contributed by atoms with E-state index in [1.807, 2.05) is 0 Å². The van der Waals surface area contributed by atoms with Crippen LogP contribution in [-0.4, -0.2) is 20.6 Å². The van der Waals surface area contributed by atoms with Crippen LogP contribution in [0.2, 0.25) is 0 Å². The molecule has 0 spiro atoms. The summed E-state index contributed by atoms with van der Waals surface area (Å²) >= 11 is 0. The first kappa shape index (κ1) is 14.1. The Balaban J connectivity index is 2.15. The topological polar surface area (TPSA) is 89.3 Å². The van der Waals surface area contributed by atoms with Gasteiger partial charge in [-0.3, -0.25) is 4.79 Å². The van der Waals surface area contributed by atoms with E-state index in [0.29, 0.717) is 16.9 Å². The molecule has 104 valence electrons. The molecule has 5 nitrogen and oxygen atoms in total. The summed E-state index contributed by atoms with van der Waals surface area (Å²) in [7, 11) is -3.25. The Kier molecular flexibility index (Phi) is 3.76. The largest absolute Gasteiger partial charge is 0.399 e. The molecule has 3 N–H and O–H groups in total. The third-order valence-electron chi connectivity index (χ3n) is 2.71. The highest BCUT2D eigenvalue weighted by Crippen LogP contribution is 2.14. The number of anilines is 2. The molecule has 6 heteroatoms. The van der Waals surface area contributed by atoms with Crippen molar-refractivity contribution in [2.45, 2.75) is 4.90 Å². The smallest absolute Gasteiger partial charge is 0.255 e. The molecule has 0 unspecified atom stereocenters. The van der Waals surface area contributed by atoms with Crippen LogP contribution in [0.25, 0.3) is 0 Å². The SMILES string of the molecule is CS(=O)(=O)c1ccc(C(=O)Nc2ccc(N)cc2)cc1. The van der Waals surface area contributed by atoms with Crippen molar-refractivity contribution < 1.29 is 13.2 Å². The minimum absolute atomic E-state index is 0.182. The third kappa shape index (κ3) is 3.36. The summed E-state index contributed by atoms with van der Waals surface area (Å²) in [5.41, 5.74) is 7.17. The summed E-state index contributed by atoms with van der Waals surface area (Å²) in [6.07, 6.45) is 1.12. The number of nitrogens with two attached hydrogens (primary N) is 1. The van der Waals surface area contributed by atoms with Gasteiger partial charge in [-0.2, -0.15) is 0 Å². The molecule has 0 aliphatic rings. The van der Waals surface area contributed by atoms with Crippen molar-refractivity contribution in [3.8, 4) is 0 Å². The minimum atomic E-state index is -3.25. The second-order valence-electron chi connectivity index (χ2n) is 4.37. The molecule has 0 fully saturated rings. The molecule has 2 aromatic rings. The maximum atomic E-state index is 12.0. The monoisotopic (exact) mass is 290 g/mol. The Morgan fingerprint density at radius 2 is 1.55 bits per heavy atom. The lowest BCUT2D eigenvalue weighted by molar-refractivity contribution is 0.102. The van der Waals surface area contributed by atoms with Crippen molar-refractivity contribution in [2.75, 3.05) is 17.3 Å². The number of amides is 1. The number of nitrogens with one attached hydrogen (secondary N) is 1. The van der Waals surface area contributed by atoms with E-state index in [2.05, 4.69) is 5.32 Å². The molecule has 1 amide bonds. The zero-order valence-corrected chi connectivity index (χ0v) is 11.6. The molecule has 0 bridgehead atoms. The predicted molar refractivity (Wildman–Crippen MR) is 78.4 cm³/mol. The fourth-order valence-corrected chi connectivity index (χ4v) is 2.25. The lowest BCUT2D eigenvalue weighted by Gasteiger charge is -2.06. The van der Waals surface area contributed by atoms with Gasteiger partial charge in [0.05, 0.1) is 4.90 Å². The van der Waals surface area contributed by atoms with Gasteiger partial charge in [-0.25, -0.2) is 8.42 Å². The fourth-order valence-electron chi connectivity index (χ4n) is 1.62. The Morgan fingerprint density at radius 1 is 1.00 bits per heavy atom. The zero-order valence-electron chi connectivity index (χ0n) is 10.8. The van der Waals surface area contributed by atoms with E-state index in [9.17, 15) is 13.2 Å². The second kappa shape index (κ2) is 5.34. The van der Waals surface area contributed by atoms with Crippen LogP contribution in [0.1, 0.15) is 10.4 Å². The molecule has 0 radical (unpaired) electrons. The highest BCUT2D eigenvalue weighted by molar-refractivity contribution is 7.90. The van der Waals surface area contributed by atoms with Gasteiger partial charge in [-0.05, 0) is 48.5 Å². The van der Waals surface area contributed by atoms with E-state index < -0.39 is 9.84 Å². The average molecular weight is 290 g/mol. The number of rotatable bonds is 3. The molecule has 0 aromatic heterocycles. The van der Waals surface area contributed by atoms with Gasteiger partial charge in [0.15, 0.2) is 9.84 Å². The van der Waals surface area contributed by atoms with Crippen LogP contribution >= 0.6 is 0 Å². The summed E-state index contributed by atoms with van der Waals surface area (Å²) in [4.78, 5) is 12.2. The third-order valence-corrected chi connectivity index (χ3v) is 3.84. The van der Waals surface area contributed by atoms with Crippen LogP contribution in [-0.2, 0) is 9.84 Å². The van der Waals surface area contributed by atoms with Crippen LogP contribution in [0, 0.1) is 0 Å². The number of carbonyl (C=O) groups is 1. The van der Waals surface area contributed by atoms with Gasteiger partial charge >= 0.3 is 0 Å². The van der Waals surface area contributed by atoms with Gasteiger partial charge in [-0.1, -0.05) is 0 Å². The molecule has 0 aliphatic heterocycles. The first-order valence-electron chi connectivity index (χ1n) is 5.83. The number of hydrogen-bond donors (Lipinski definition) is 2. The van der Waals surface area contributed by atoms with E-state index in [1.165, 1.54) is 24.3 Å². The lowest BCUT2D eigenvalue weighted by atomic mass is 10.2. The van der Waals surface area contributed by atoms with E-state index in [-0.39, 0.29) is 10.8 Å². The highest BCUT2D eigenvalue weighted by Gasteiger charge is 2.10. The van der Waals surface area contributed by atoms with E-state index in [4.69, 9.17) is 5.73 Å². The van der Waals surface area contributed by atoms with E-state index >= 15 is 0 Å². The Bertz CT molecular complexity index is 720. The standard InChI is InChI=1S/C14H14N2O3S/c1-20(18,19)13-8-2-10(3-9-13)14(17)16-12-6-4-11(15)5-7-12/h2-9H,15H2,1H3,(H,16,17). The first-order chi connectivity index (χ1) is 9.36. The maximum Gasteiger partial charge on any atom is 0.255 e. The van der Waals surface area contributed by atoms with Crippen LogP contribution in [0.15, 0.2) is 53.4 Å². The van der Waals surface area contributed by atoms with Gasteiger partial charge in [0.1, 0.15) is 0 Å². The van der Waals surface area contributed by atoms with E-state index in [1.54, 1.807) is 24.3 Å². The van der Waals surface area contributed by atoms with Crippen molar-refractivity contribution in [3.05, 3.63) is 54.1 Å². The number of benzene rings is 2. The summed E-state index contributed by atoms with van der Waals surface area (Å²) < 4.78 is 22.6. The van der Waals surface area contributed by atoms with Crippen molar-refractivity contribution in [2.24, 2.45) is 0 Å². The highest BCUT2D eigenvalue weighted by atomic mass is 32.2. The normalized spacial score (nSPS) is 11.1. The molecule has 0 saturated carbocycles. The lowest BCUT2D eigenvalue weighted by Crippen LogP contribution is -2.12.